The lowest BCUT2D eigenvalue weighted by atomic mass is 9.45. The molecule has 3 saturated carbocycles. The van der Waals surface area contributed by atoms with Crippen LogP contribution in [0.4, 0.5) is 0 Å². The number of allylic oxidation sites excluding steroid dienone is 1. The first-order valence-corrected chi connectivity index (χ1v) is 11.4. The standard InChI is InChI=1S/C24H30O6/c1-22-7-4-13(25)10-12(22)11-14(21(27)28-3)17-15-5-8-24(9-6-16(26)30-24)23(15,2)20-19(29-20)18(17)22/h11,14-15,17-20H,4-10H2,1-3H3/t14-,15?,17?,18?,19?,20+,22+,23-,24-/m1/s1. The number of ether oxygens (including phenoxy) is 3. The summed E-state index contributed by atoms with van der Waals surface area (Å²) in [5.74, 6) is 0.0844. The Morgan fingerprint density at radius 3 is 2.67 bits per heavy atom. The van der Waals surface area contributed by atoms with Crippen molar-refractivity contribution in [3.63, 3.8) is 0 Å². The molecule has 5 fully saturated rings. The minimum atomic E-state index is -0.465. The molecule has 2 saturated heterocycles. The smallest absolute Gasteiger partial charge is 0.312 e. The van der Waals surface area contributed by atoms with Gasteiger partial charge in [0.25, 0.3) is 0 Å². The number of rotatable bonds is 1. The van der Waals surface area contributed by atoms with Crippen LogP contribution in [0.5, 0.6) is 0 Å². The molecule has 0 bridgehead atoms. The summed E-state index contributed by atoms with van der Waals surface area (Å²) in [6, 6.07) is 0. The molecule has 2 heterocycles. The van der Waals surface area contributed by atoms with Crippen molar-refractivity contribution in [2.45, 2.75) is 76.6 Å². The van der Waals surface area contributed by atoms with Gasteiger partial charge in [-0.1, -0.05) is 25.5 Å². The Labute approximate surface area is 176 Å². The average Bonchev–Trinajstić information content (AvgIpc) is 3.35. The zero-order chi connectivity index (χ0) is 21.1. The second-order valence-corrected chi connectivity index (χ2v) is 10.9. The first-order chi connectivity index (χ1) is 14.2. The number of esters is 2. The lowest BCUT2D eigenvalue weighted by molar-refractivity contribution is -0.170. The molecule has 6 aliphatic rings. The van der Waals surface area contributed by atoms with Crippen LogP contribution < -0.4 is 0 Å². The van der Waals surface area contributed by atoms with Crippen molar-refractivity contribution in [1.82, 2.24) is 0 Å². The highest BCUT2D eigenvalue weighted by Crippen LogP contribution is 2.74. The lowest BCUT2D eigenvalue weighted by Crippen LogP contribution is -2.61. The molecule has 4 unspecified atom stereocenters. The Bertz CT molecular complexity index is 892. The van der Waals surface area contributed by atoms with E-state index in [2.05, 4.69) is 19.9 Å². The van der Waals surface area contributed by atoms with Gasteiger partial charge in [0.15, 0.2) is 0 Å². The molecule has 162 valence electrons. The highest BCUT2D eigenvalue weighted by atomic mass is 16.6. The Morgan fingerprint density at radius 2 is 1.97 bits per heavy atom. The zero-order valence-electron chi connectivity index (χ0n) is 17.9. The van der Waals surface area contributed by atoms with E-state index in [0.29, 0.717) is 19.3 Å². The van der Waals surface area contributed by atoms with Gasteiger partial charge in [0, 0.05) is 30.6 Å². The molecule has 0 aromatic rings. The normalized spacial score (nSPS) is 53.2. The Balaban J connectivity index is 1.49. The summed E-state index contributed by atoms with van der Waals surface area (Å²) in [6.45, 7) is 4.52. The van der Waals surface area contributed by atoms with Crippen molar-refractivity contribution in [3.8, 4) is 0 Å². The van der Waals surface area contributed by atoms with E-state index in [1.807, 2.05) is 0 Å². The second-order valence-electron chi connectivity index (χ2n) is 10.9. The van der Waals surface area contributed by atoms with Crippen molar-refractivity contribution < 1.29 is 28.6 Å². The fourth-order valence-electron chi connectivity index (χ4n) is 8.53. The minimum absolute atomic E-state index is 0.0552. The summed E-state index contributed by atoms with van der Waals surface area (Å²) in [5, 5.41) is 0. The summed E-state index contributed by atoms with van der Waals surface area (Å²) in [6.07, 6.45) is 7.04. The van der Waals surface area contributed by atoms with Gasteiger partial charge >= 0.3 is 11.9 Å². The van der Waals surface area contributed by atoms with Crippen LogP contribution in [0.25, 0.3) is 0 Å². The monoisotopic (exact) mass is 414 g/mol. The molecular formula is C24H30O6. The summed E-state index contributed by atoms with van der Waals surface area (Å²) >= 11 is 0. The highest BCUT2D eigenvalue weighted by molar-refractivity contribution is 5.84. The molecule has 1 spiro atoms. The van der Waals surface area contributed by atoms with Crippen molar-refractivity contribution in [2.75, 3.05) is 7.11 Å². The molecule has 4 aliphatic carbocycles. The van der Waals surface area contributed by atoms with E-state index in [4.69, 9.17) is 14.2 Å². The zero-order valence-corrected chi connectivity index (χ0v) is 17.9. The van der Waals surface area contributed by atoms with Crippen LogP contribution in [0.2, 0.25) is 0 Å². The van der Waals surface area contributed by atoms with E-state index in [9.17, 15) is 14.4 Å². The van der Waals surface area contributed by atoms with Crippen LogP contribution >= 0.6 is 0 Å². The van der Waals surface area contributed by atoms with Crippen molar-refractivity contribution >= 4 is 17.7 Å². The van der Waals surface area contributed by atoms with E-state index in [1.165, 1.54) is 7.11 Å². The summed E-state index contributed by atoms with van der Waals surface area (Å²) in [4.78, 5) is 37.4. The molecule has 6 rings (SSSR count). The Morgan fingerprint density at radius 1 is 1.17 bits per heavy atom. The van der Waals surface area contributed by atoms with Gasteiger partial charge < -0.3 is 14.2 Å². The van der Waals surface area contributed by atoms with E-state index >= 15 is 0 Å². The van der Waals surface area contributed by atoms with Gasteiger partial charge in [-0.05, 0) is 42.9 Å². The van der Waals surface area contributed by atoms with Gasteiger partial charge in [-0.15, -0.1) is 0 Å². The fourth-order valence-corrected chi connectivity index (χ4v) is 8.53. The van der Waals surface area contributed by atoms with Crippen LogP contribution in [0.15, 0.2) is 11.6 Å². The lowest BCUT2D eigenvalue weighted by Gasteiger charge is -2.57. The molecule has 0 amide bonds. The molecule has 0 aromatic carbocycles. The van der Waals surface area contributed by atoms with Gasteiger partial charge in [0.05, 0.1) is 25.2 Å². The number of carbonyl (C=O) groups excluding carboxylic acids is 3. The average molecular weight is 414 g/mol. The predicted octanol–water partition coefficient (Wildman–Crippen LogP) is 2.98. The van der Waals surface area contributed by atoms with E-state index in [0.717, 1.165) is 31.3 Å². The van der Waals surface area contributed by atoms with Crippen LogP contribution in [0.1, 0.15) is 58.8 Å². The number of hydrogen-bond acceptors (Lipinski definition) is 6. The van der Waals surface area contributed by atoms with Crippen LogP contribution in [0, 0.1) is 34.5 Å². The molecule has 6 heteroatoms. The molecule has 9 atom stereocenters. The number of ketones is 1. The number of hydrogen-bond donors (Lipinski definition) is 0. The van der Waals surface area contributed by atoms with Crippen molar-refractivity contribution in [2.24, 2.45) is 34.5 Å². The van der Waals surface area contributed by atoms with E-state index < -0.39 is 5.60 Å². The first kappa shape index (κ1) is 19.0. The molecule has 0 radical (unpaired) electrons. The summed E-state index contributed by atoms with van der Waals surface area (Å²) in [7, 11) is 1.45. The van der Waals surface area contributed by atoms with E-state index in [-0.39, 0.29) is 64.4 Å². The molecule has 2 aliphatic heterocycles. The summed E-state index contributed by atoms with van der Waals surface area (Å²) in [5.41, 5.74) is 0.246. The predicted molar refractivity (Wildman–Crippen MR) is 105 cm³/mol. The minimum Gasteiger partial charge on any atom is -0.469 e. The quantitative estimate of drug-likeness (QED) is 0.373. The molecule has 30 heavy (non-hydrogen) atoms. The van der Waals surface area contributed by atoms with Gasteiger partial charge in [-0.3, -0.25) is 14.4 Å². The maximum atomic E-state index is 13.0. The SMILES string of the molecule is COC(=O)[C@@H]1C=C2CC(=O)CC[C@]2(C)C2C1C1CC[C@@]3(CCC(=O)O3)[C@@]1(C)[C@H]1OC21. The molecule has 0 N–H and O–H groups in total. The van der Waals surface area contributed by atoms with E-state index in [1.54, 1.807) is 0 Å². The first-order valence-electron chi connectivity index (χ1n) is 11.4. The van der Waals surface area contributed by atoms with Gasteiger partial charge in [0.2, 0.25) is 0 Å². The number of epoxide rings is 1. The van der Waals surface area contributed by atoms with Gasteiger partial charge in [-0.25, -0.2) is 0 Å². The second kappa shape index (κ2) is 5.76. The molecule has 6 nitrogen and oxygen atoms in total. The number of methoxy groups -OCH3 is 1. The Kier molecular flexibility index (Phi) is 3.65. The fraction of sp³-hybridized carbons (Fsp3) is 0.792. The van der Waals surface area contributed by atoms with Crippen LogP contribution in [-0.4, -0.2) is 42.6 Å². The number of carbonyl (C=O) groups is 3. The van der Waals surface area contributed by atoms with Gasteiger partial charge in [0.1, 0.15) is 11.4 Å². The van der Waals surface area contributed by atoms with Crippen molar-refractivity contribution in [1.29, 1.82) is 0 Å². The summed E-state index contributed by atoms with van der Waals surface area (Å²) < 4.78 is 17.7. The third kappa shape index (κ3) is 2.07. The maximum Gasteiger partial charge on any atom is 0.312 e. The topological polar surface area (TPSA) is 82.2 Å². The third-order valence-electron chi connectivity index (χ3n) is 10.1. The Hall–Kier alpha value is -1.69. The molecule has 0 aromatic heterocycles. The largest absolute Gasteiger partial charge is 0.469 e. The van der Waals surface area contributed by atoms with Crippen molar-refractivity contribution in [3.05, 3.63) is 11.6 Å². The molecular weight excluding hydrogens is 384 g/mol. The third-order valence-corrected chi connectivity index (χ3v) is 10.1. The number of Topliss-reactive ketones (excluding diaryl/α,β-unsaturated/α-hetero) is 1. The highest BCUT2D eigenvalue weighted by Gasteiger charge is 2.79. The number of fused-ring (bicyclic) bond motifs is 9. The van der Waals surface area contributed by atoms with Crippen LogP contribution in [-0.2, 0) is 28.6 Å². The maximum absolute atomic E-state index is 13.0. The van der Waals surface area contributed by atoms with Crippen LogP contribution in [0.3, 0.4) is 0 Å². The van der Waals surface area contributed by atoms with Gasteiger partial charge in [-0.2, -0.15) is 0 Å².